The Bertz CT molecular complexity index is 917. The van der Waals surface area contributed by atoms with Crippen molar-refractivity contribution in [3.8, 4) is 5.75 Å². The van der Waals surface area contributed by atoms with Gasteiger partial charge in [0.25, 0.3) is 5.91 Å². The number of fused-ring (bicyclic) bond motifs is 2. The van der Waals surface area contributed by atoms with Crippen LogP contribution in [0.25, 0.3) is 0 Å². The number of hydrogen-bond acceptors (Lipinski definition) is 4. The molecule has 0 aliphatic carbocycles. The minimum absolute atomic E-state index is 0.00116. The number of nitrogens with zero attached hydrogens (tertiary/aromatic N) is 2. The zero-order valence-electron chi connectivity index (χ0n) is 17.9. The van der Waals surface area contributed by atoms with Gasteiger partial charge in [0.1, 0.15) is 11.4 Å². The number of alkyl halides is 3. The molecule has 2 atom stereocenters. The lowest BCUT2D eigenvalue weighted by molar-refractivity contribution is -0.141. The van der Waals surface area contributed by atoms with E-state index >= 15 is 0 Å². The van der Waals surface area contributed by atoms with Gasteiger partial charge in [-0.25, -0.2) is 0 Å². The Hall–Kier alpha value is -2.61. The third-order valence-corrected chi connectivity index (χ3v) is 6.29. The Morgan fingerprint density at radius 3 is 2.75 bits per heavy atom. The van der Waals surface area contributed by atoms with Crippen molar-refractivity contribution in [3.63, 3.8) is 0 Å². The molecule has 0 unspecified atom stereocenters. The van der Waals surface area contributed by atoms with Crippen LogP contribution in [0.5, 0.6) is 5.75 Å². The molecule has 2 aliphatic rings. The van der Waals surface area contributed by atoms with E-state index in [1.165, 1.54) is 12.3 Å². The van der Waals surface area contributed by atoms with Crippen LogP contribution in [-0.4, -0.2) is 41.5 Å². The molecule has 3 heterocycles. The first-order valence-electron chi connectivity index (χ1n) is 11.1. The maximum absolute atomic E-state index is 12.7. The van der Waals surface area contributed by atoms with Crippen molar-refractivity contribution in [1.29, 1.82) is 0 Å². The van der Waals surface area contributed by atoms with Crippen LogP contribution in [-0.2, 0) is 23.9 Å². The van der Waals surface area contributed by atoms with Crippen LogP contribution in [0.1, 0.15) is 42.5 Å². The minimum Gasteiger partial charge on any atom is -0.483 e. The Morgan fingerprint density at radius 2 is 1.97 bits per heavy atom. The maximum Gasteiger partial charge on any atom is 0.433 e. The molecule has 32 heavy (non-hydrogen) atoms. The summed E-state index contributed by atoms with van der Waals surface area (Å²) in [6.07, 6.45) is 1.69. The van der Waals surface area contributed by atoms with E-state index in [1.807, 2.05) is 24.3 Å². The third kappa shape index (κ3) is 5.79. The Morgan fingerprint density at radius 1 is 1.12 bits per heavy atom. The molecule has 2 aliphatic heterocycles. The first-order chi connectivity index (χ1) is 15.4. The number of aromatic nitrogens is 1. The molecule has 2 aromatic rings. The zero-order chi connectivity index (χ0) is 22.6. The summed E-state index contributed by atoms with van der Waals surface area (Å²) in [4.78, 5) is 18.3. The quantitative estimate of drug-likeness (QED) is 0.749. The summed E-state index contributed by atoms with van der Waals surface area (Å²) in [5.74, 6) is 0.959. The van der Waals surface area contributed by atoms with Crippen molar-refractivity contribution in [2.75, 3.05) is 19.7 Å². The number of benzene rings is 1. The molecule has 5 nitrogen and oxygen atoms in total. The number of pyridine rings is 1. The highest BCUT2D eigenvalue weighted by Crippen LogP contribution is 2.29. The number of para-hydroxylation sites is 1. The Labute approximate surface area is 186 Å². The molecule has 172 valence electrons. The van der Waals surface area contributed by atoms with Crippen LogP contribution in [0.15, 0.2) is 42.6 Å². The van der Waals surface area contributed by atoms with E-state index in [-0.39, 0.29) is 18.6 Å². The summed E-state index contributed by atoms with van der Waals surface area (Å²) < 4.78 is 44.0. The molecule has 0 bridgehead atoms. The van der Waals surface area contributed by atoms with Crippen LogP contribution in [0.2, 0.25) is 0 Å². The average molecular weight is 448 g/mol. The molecule has 8 heteroatoms. The summed E-state index contributed by atoms with van der Waals surface area (Å²) in [5.41, 5.74) is 1.02. The monoisotopic (exact) mass is 447 g/mol. The number of carbonyl (C=O) groups is 1. The molecule has 1 saturated heterocycles. The van der Waals surface area contributed by atoms with Crippen LogP contribution in [0.3, 0.4) is 0 Å². The first kappa shape index (κ1) is 22.6. The molecule has 1 N–H and O–H groups in total. The SMILES string of the molecule is O=C1COc2ccccc2CCCC[C@H]2CN(Cc3ccc(C(F)(F)F)nc3)CC[C@H]2N1. The van der Waals surface area contributed by atoms with Gasteiger partial charge in [0.2, 0.25) is 0 Å². The predicted octanol–water partition coefficient (Wildman–Crippen LogP) is 4.21. The van der Waals surface area contributed by atoms with Crippen LogP contribution in [0, 0.1) is 5.92 Å². The van der Waals surface area contributed by atoms with E-state index in [0.29, 0.717) is 12.5 Å². The standard InChI is InChI=1S/C24H28F3N3O2/c25-24(26,27)22-10-9-17(13-28-22)14-30-12-11-20-19(15-30)7-2-1-5-18-6-3-4-8-21(18)32-16-23(31)29-20/h3-4,6,8-10,13,19-20H,1-2,5,7,11-12,14-16H2,(H,29,31)/t19-,20+/m0/s1. The number of rotatable bonds is 2. The topological polar surface area (TPSA) is 54.5 Å². The number of amides is 1. The molecule has 0 spiro atoms. The zero-order valence-corrected chi connectivity index (χ0v) is 17.9. The van der Waals surface area contributed by atoms with Crippen LogP contribution < -0.4 is 10.1 Å². The highest BCUT2D eigenvalue weighted by atomic mass is 19.4. The molecule has 0 radical (unpaired) electrons. The lowest BCUT2D eigenvalue weighted by Crippen LogP contribution is -2.51. The van der Waals surface area contributed by atoms with Gasteiger partial charge in [-0.15, -0.1) is 0 Å². The third-order valence-electron chi connectivity index (χ3n) is 6.29. The summed E-state index contributed by atoms with van der Waals surface area (Å²) in [7, 11) is 0. The second kappa shape index (κ2) is 9.90. The van der Waals surface area contributed by atoms with E-state index in [2.05, 4.69) is 15.2 Å². The van der Waals surface area contributed by atoms with Crippen molar-refractivity contribution >= 4 is 5.91 Å². The van der Waals surface area contributed by atoms with Crippen molar-refractivity contribution in [2.24, 2.45) is 5.92 Å². The molecular formula is C24H28F3N3O2. The fourth-order valence-electron chi connectivity index (χ4n) is 4.64. The van der Waals surface area contributed by atoms with Crippen LogP contribution in [0.4, 0.5) is 13.2 Å². The van der Waals surface area contributed by atoms with Gasteiger partial charge in [-0.1, -0.05) is 30.7 Å². The molecule has 0 saturated carbocycles. The largest absolute Gasteiger partial charge is 0.483 e. The molecular weight excluding hydrogens is 419 g/mol. The number of piperidine rings is 1. The lowest BCUT2D eigenvalue weighted by Gasteiger charge is -2.39. The predicted molar refractivity (Wildman–Crippen MR) is 114 cm³/mol. The maximum atomic E-state index is 12.7. The molecule has 4 rings (SSSR count). The number of hydrogen-bond donors (Lipinski definition) is 1. The number of ether oxygens (including phenoxy) is 1. The van der Waals surface area contributed by atoms with Gasteiger partial charge in [0.15, 0.2) is 6.61 Å². The van der Waals surface area contributed by atoms with Gasteiger partial charge in [-0.3, -0.25) is 14.7 Å². The lowest BCUT2D eigenvalue weighted by atomic mass is 9.87. The number of halogens is 3. The van der Waals surface area contributed by atoms with E-state index < -0.39 is 11.9 Å². The van der Waals surface area contributed by atoms with Gasteiger partial charge in [0.05, 0.1) is 0 Å². The van der Waals surface area contributed by atoms with E-state index in [4.69, 9.17) is 4.74 Å². The van der Waals surface area contributed by atoms with Gasteiger partial charge in [-0.05, 0) is 54.9 Å². The Kier molecular flexibility index (Phi) is 6.98. The van der Waals surface area contributed by atoms with Gasteiger partial charge in [0, 0.05) is 31.9 Å². The summed E-state index contributed by atoms with van der Waals surface area (Å²) in [6.45, 7) is 2.12. The highest BCUT2D eigenvalue weighted by Gasteiger charge is 2.33. The summed E-state index contributed by atoms with van der Waals surface area (Å²) in [5, 5.41) is 3.15. The average Bonchev–Trinajstić information content (AvgIpc) is 2.76. The number of aryl methyl sites for hydroxylation is 1. The number of carbonyl (C=O) groups excluding carboxylic acids is 1. The summed E-state index contributed by atoms with van der Waals surface area (Å²) in [6, 6.07) is 10.5. The van der Waals surface area contributed by atoms with Crippen molar-refractivity contribution in [3.05, 3.63) is 59.4 Å². The fraction of sp³-hybridized carbons (Fsp3) is 0.500. The normalized spacial score (nSPS) is 23.0. The number of likely N-dealkylation sites (tertiary alicyclic amines) is 1. The minimum atomic E-state index is -4.42. The molecule has 1 fully saturated rings. The van der Waals surface area contributed by atoms with Crippen molar-refractivity contribution in [1.82, 2.24) is 15.2 Å². The molecule has 1 aromatic heterocycles. The van der Waals surface area contributed by atoms with Gasteiger partial charge >= 0.3 is 6.18 Å². The van der Waals surface area contributed by atoms with Gasteiger partial charge < -0.3 is 10.1 Å². The van der Waals surface area contributed by atoms with Gasteiger partial charge in [-0.2, -0.15) is 13.2 Å². The second-order valence-electron chi connectivity index (χ2n) is 8.65. The number of nitrogens with one attached hydrogen (secondary N) is 1. The van der Waals surface area contributed by atoms with Crippen molar-refractivity contribution < 1.29 is 22.7 Å². The van der Waals surface area contributed by atoms with E-state index in [9.17, 15) is 18.0 Å². The first-order valence-corrected chi connectivity index (χ1v) is 11.1. The summed E-state index contributed by atoms with van der Waals surface area (Å²) >= 11 is 0. The van der Waals surface area contributed by atoms with Crippen LogP contribution >= 0.6 is 0 Å². The second-order valence-corrected chi connectivity index (χ2v) is 8.65. The molecule has 1 amide bonds. The van der Waals surface area contributed by atoms with E-state index in [1.54, 1.807) is 0 Å². The highest BCUT2D eigenvalue weighted by molar-refractivity contribution is 5.78. The smallest absolute Gasteiger partial charge is 0.433 e. The Balaban J connectivity index is 1.39. The fourth-order valence-corrected chi connectivity index (χ4v) is 4.64. The van der Waals surface area contributed by atoms with E-state index in [0.717, 1.165) is 68.1 Å². The molecule has 1 aromatic carbocycles. The van der Waals surface area contributed by atoms with Crippen molar-refractivity contribution in [2.45, 2.75) is 50.9 Å².